The fourth-order valence-electron chi connectivity index (χ4n) is 2.58. The summed E-state index contributed by atoms with van der Waals surface area (Å²) in [6.45, 7) is 0. The van der Waals surface area contributed by atoms with Crippen molar-refractivity contribution < 1.29 is 4.92 Å². The summed E-state index contributed by atoms with van der Waals surface area (Å²) >= 11 is 1.49. The van der Waals surface area contributed by atoms with Crippen LogP contribution in [0.1, 0.15) is 0 Å². The van der Waals surface area contributed by atoms with Crippen LogP contribution in [0, 0.1) is 10.1 Å². The van der Waals surface area contributed by atoms with Crippen LogP contribution in [-0.2, 0) is 0 Å². The number of rotatable bonds is 4. The van der Waals surface area contributed by atoms with Gasteiger partial charge in [-0.15, -0.1) is 0 Å². The minimum Gasteiger partial charge on any atom is -0.287 e. The fraction of sp³-hybridized carbons (Fsp3) is 0. The van der Waals surface area contributed by atoms with Gasteiger partial charge in [0, 0.05) is 29.4 Å². The molecule has 0 bridgehead atoms. The summed E-state index contributed by atoms with van der Waals surface area (Å²) in [6, 6.07) is 18.1. The van der Waals surface area contributed by atoms with Gasteiger partial charge in [-0.25, -0.2) is 4.98 Å². The van der Waals surface area contributed by atoms with E-state index in [0.29, 0.717) is 5.69 Å². The minimum absolute atomic E-state index is 0.0511. The van der Waals surface area contributed by atoms with Crippen LogP contribution in [0.25, 0.3) is 16.7 Å². The van der Waals surface area contributed by atoms with Gasteiger partial charge in [-0.05, 0) is 30.3 Å². The Morgan fingerprint density at radius 2 is 1.80 bits per heavy atom. The lowest BCUT2D eigenvalue weighted by Gasteiger charge is -2.09. The summed E-state index contributed by atoms with van der Waals surface area (Å²) in [4.78, 5) is 20.5. The third-order valence-electron chi connectivity index (χ3n) is 3.69. The van der Waals surface area contributed by atoms with E-state index in [1.165, 1.54) is 17.8 Å². The number of nitro benzene ring substituents is 1. The average Bonchev–Trinajstić information content (AvgIpc) is 3.00. The van der Waals surface area contributed by atoms with E-state index in [9.17, 15) is 10.1 Å². The molecule has 2 aromatic carbocycles. The molecule has 0 amide bonds. The van der Waals surface area contributed by atoms with Crippen LogP contribution >= 0.6 is 11.8 Å². The molecule has 0 saturated carbocycles. The molecule has 2 aromatic heterocycles. The topological polar surface area (TPSA) is 73.8 Å². The number of para-hydroxylation sites is 2. The van der Waals surface area contributed by atoms with Crippen LogP contribution < -0.4 is 0 Å². The first-order chi connectivity index (χ1) is 12.2. The molecule has 0 N–H and O–H groups in total. The van der Waals surface area contributed by atoms with Crippen molar-refractivity contribution in [3.05, 3.63) is 83.2 Å². The molecule has 0 aliphatic heterocycles. The van der Waals surface area contributed by atoms with E-state index in [2.05, 4.69) is 4.98 Å². The molecule has 2 heterocycles. The smallest absolute Gasteiger partial charge is 0.271 e. The Bertz CT molecular complexity index is 1060. The first-order valence-electron chi connectivity index (χ1n) is 7.52. The third-order valence-corrected chi connectivity index (χ3v) is 4.65. The van der Waals surface area contributed by atoms with E-state index in [0.717, 1.165) is 21.1 Å². The van der Waals surface area contributed by atoms with Crippen LogP contribution in [0.5, 0.6) is 0 Å². The van der Waals surface area contributed by atoms with E-state index in [1.54, 1.807) is 24.5 Å². The van der Waals surface area contributed by atoms with Crippen LogP contribution in [0.15, 0.2) is 83.1 Å². The van der Waals surface area contributed by atoms with Gasteiger partial charge in [-0.2, -0.15) is 0 Å². The quantitative estimate of drug-likeness (QED) is 0.401. The molecule has 0 spiro atoms. The maximum Gasteiger partial charge on any atom is 0.271 e. The molecule has 0 aliphatic rings. The molecule has 0 aliphatic carbocycles. The molecule has 4 aromatic rings. The molecule has 122 valence electrons. The lowest BCUT2D eigenvalue weighted by molar-refractivity contribution is -0.384. The van der Waals surface area contributed by atoms with Crippen LogP contribution in [0.3, 0.4) is 0 Å². The summed E-state index contributed by atoms with van der Waals surface area (Å²) in [7, 11) is 0. The number of hydrogen-bond donors (Lipinski definition) is 0. The van der Waals surface area contributed by atoms with Crippen molar-refractivity contribution in [3.63, 3.8) is 0 Å². The number of aromatic nitrogens is 3. The standard InChI is InChI=1S/C18H12N4O2S/c23-22(24)14-5-3-4-13(12-14)21-17-7-2-1-6-16(17)20-18(21)25-15-8-10-19-11-9-15/h1-12H. The highest BCUT2D eigenvalue weighted by Crippen LogP contribution is 2.33. The second kappa shape index (κ2) is 6.37. The number of non-ortho nitro benzene ring substituents is 1. The van der Waals surface area contributed by atoms with Crippen LogP contribution in [0.2, 0.25) is 0 Å². The van der Waals surface area contributed by atoms with Gasteiger partial charge in [0.2, 0.25) is 0 Å². The Labute approximate surface area is 147 Å². The largest absolute Gasteiger partial charge is 0.287 e. The molecule has 6 nitrogen and oxygen atoms in total. The lowest BCUT2D eigenvalue weighted by Crippen LogP contribution is -1.98. The van der Waals surface area contributed by atoms with Gasteiger partial charge in [0.1, 0.15) is 0 Å². The number of fused-ring (bicyclic) bond motifs is 1. The SMILES string of the molecule is O=[N+]([O-])c1cccc(-n2c(Sc3ccncc3)nc3ccccc32)c1. The predicted molar refractivity (Wildman–Crippen MR) is 96.1 cm³/mol. The molecular weight excluding hydrogens is 336 g/mol. The predicted octanol–water partition coefficient (Wildman–Crippen LogP) is 4.48. The highest BCUT2D eigenvalue weighted by Gasteiger charge is 2.15. The van der Waals surface area contributed by atoms with Gasteiger partial charge in [0.25, 0.3) is 5.69 Å². The molecule has 0 radical (unpaired) electrons. The van der Waals surface area contributed by atoms with Gasteiger partial charge in [-0.1, -0.05) is 30.0 Å². The number of nitro groups is 1. The normalized spacial score (nSPS) is 10.9. The van der Waals surface area contributed by atoms with Gasteiger partial charge >= 0.3 is 0 Å². The van der Waals surface area contributed by atoms with Crippen molar-refractivity contribution in [3.8, 4) is 5.69 Å². The first-order valence-corrected chi connectivity index (χ1v) is 8.34. The van der Waals surface area contributed by atoms with E-state index < -0.39 is 4.92 Å². The van der Waals surface area contributed by atoms with E-state index in [1.807, 2.05) is 47.0 Å². The zero-order chi connectivity index (χ0) is 17.2. The van der Waals surface area contributed by atoms with Crippen LogP contribution in [0.4, 0.5) is 5.69 Å². The van der Waals surface area contributed by atoms with E-state index in [4.69, 9.17) is 4.98 Å². The van der Waals surface area contributed by atoms with Gasteiger partial charge in [-0.3, -0.25) is 19.7 Å². The minimum atomic E-state index is -0.391. The summed E-state index contributed by atoms with van der Waals surface area (Å²) in [6.07, 6.45) is 3.45. The molecule has 4 rings (SSSR count). The number of hydrogen-bond acceptors (Lipinski definition) is 5. The molecule has 0 unspecified atom stereocenters. The van der Waals surface area contributed by atoms with Crippen molar-refractivity contribution in [1.29, 1.82) is 0 Å². The molecular formula is C18H12N4O2S. The molecule has 7 heteroatoms. The summed E-state index contributed by atoms with van der Waals surface area (Å²) in [5, 5.41) is 11.9. The molecule has 0 fully saturated rings. The number of benzene rings is 2. The highest BCUT2D eigenvalue weighted by molar-refractivity contribution is 7.99. The number of pyridine rings is 1. The summed E-state index contributed by atoms with van der Waals surface area (Å²) in [5.74, 6) is 0. The Hall–Kier alpha value is -3.19. The Balaban J connectivity index is 1.90. The number of nitrogens with zero attached hydrogens (tertiary/aromatic N) is 4. The fourth-order valence-corrected chi connectivity index (χ4v) is 3.49. The molecule has 0 saturated heterocycles. The second-order valence-corrected chi connectivity index (χ2v) is 6.32. The van der Waals surface area contributed by atoms with Crippen molar-refractivity contribution in [2.45, 2.75) is 10.1 Å². The molecule has 25 heavy (non-hydrogen) atoms. The zero-order valence-electron chi connectivity index (χ0n) is 12.9. The Kier molecular flexibility index (Phi) is 3.91. The Morgan fingerprint density at radius 1 is 1.00 bits per heavy atom. The summed E-state index contributed by atoms with van der Waals surface area (Å²) < 4.78 is 1.94. The second-order valence-electron chi connectivity index (χ2n) is 5.28. The van der Waals surface area contributed by atoms with Crippen molar-refractivity contribution in [1.82, 2.24) is 14.5 Å². The van der Waals surface area contributed by atoms with E-state index >= 15 is 0 Å². The molecule has 0 atom stereocenters. The van der Waals surface area contributed by atoms with Gasteiger partial charge in [0.15, 0.2) is 5.16 Å². The van der Waals surface area contributed by atoms with E-state index in [-0.39, 0.29) is 5.69 Å². The van der Waals surface area contributed by atoms with Crippen molar-refractivity contribution in [2.75, 3.05) is 0 Å². The number of imidazole rings is 1. The highest BCUT2D eigenvalue weighted by atomic mass is 32.2. The maximum absolute atomic E-state index is 11.1. The summed E-state index contributed by atoms with van der Waals surface area (Å²) in [5.41, 5.74) is 2.50. The van der Waals surface area contributed by atoms with Crippen molar-refractivity contribution >= 4 is 28.5 Å². The third kappa shape index (κ3) is 2.97. The first kappa shape index (κ1) is 15.3. The average molecular weight is 348 g/mol. The van der Waals surface area contributed by atoms with Crippen molar-refractivity contribution in [2.24, 2.45) is 0 Å². The maximum atomic E-state index is 11.1. The van der Waals surface area contributed by atoms with Gasteiger partial charge < -0.3 is 0 Å². The Morgan fingerprint density at radius 3 is 2.60 bits per heavy atom. The monoisotopic (exact) mass is 348 g/mol. The zero-order valence-corrected chi connectivity index (χ0v) is 13.8. The lowest BCUT2D eigenvalue weighted by atomic mass is 10.2. The van der Waals surface area contributed by atoms with Gasteiger partial charge in [0.05, 0.1) is 21.6 Å². The van der Waals surface area contributed by atoms with Crippen LogP contribution in [-0.4, -0.2) is 19.5 Å².